The SMILES string of the molecule is Cc1ccc2c(c1)-c1c3c(cccc3c3ccccc3[n+]1C)N2C. The highest BCUT2D eigenvalue weighted by molar-refractivity contribution is 6.17. The van der Waals surface area contributed by atoms with E-state index in [2.05, 4.69) is 91.1 Å². The second kappa shape index (κ2) is 4.57. The zero-order valence-electron chi connectivity index (χ0n) is 14.2. The van der Waals surface area contributed by atoms with Gasteiger partial charge < -0.3 is 4.90 Å². The maximum Gasteiger partial charge on any atom is 0.224 e. The molecule has 1 aliphatic rings. The van der Waals surface area contributed by atoms with Gasteiger partial charge in [0.2, 0.25) is 11.2 Å². The molecule has 0 atom stereocenters. The number of anilines is 2. The first-order chi connectivity index (χ1) is 11.7. The Morgan fingerprint density at radius 3 is 2.50 bits per heavy atom. The molecule has 5 rings (SSSR count). The van der Waals surface area contributed by atoms with Gasteiger partial charge in [-0.3, -0.25) is 0 Å². The van der Waals surface area contributed by atoms with Gasteiger partial charge in [0.15, 0.2) is 0 Å². The molecule has 0 unspecified atom stereocenters. The fourth-order valence-electron chi connectivity index (χ4n) is 4.15. The van der Waals surface area contributed by atoms with E-state index in [1.54, 1.807) is 0 Å². The molecule has 0 bridgehead atoms. The third kappa shape index (κ3) is 1.58. The molecule has 2 nitrogen and oxygen atoms in total. The van der Waals surface area contributed by atoms with Crippen molar-refractivity contribution in [3.63, 3.8) is 0 Å². The minimum atomic E-state index is 1.27. The van der Waals surface area contributed by atoms with Crippen LogP contribution in [0.5, 0.6) is 0 Å². The lowest BCUT2D eigenvalue weighted by molar-refractivity contribution is -0.632. The van der Waals surface area contributed by atoms with E-state index in [1.165, 1.54) is 49.9 Å². The van der Waals surface area contributed by atoms with Crippen LogP contribution in [0.15, 0.2) is 60.7 Å². The smallest absolute Gasteiger partial charge is 0.224 e. The Bertz CT molecular complexity index is 1140. The van der Waals surface area contributed by atoms with Gasteiger partial charge in [-0.2, -0.15) is 4.57 Å². The third-order valence-electron chi connectivity index (χ3n) is 5.30. The molecular weight excluding hydrogens is 292 g/mol. The molecule has 0 saturated carbocycles. The molecule has 3 aromatic carbocycles. The molecule has 0 fully saturated rings. The summed E-state index contributed by atoms with van der Waals surface area (Å²) in [4.78, 5) is 2.32. The van der Waals surface area contributed by atoms with Gasteiger partial charge in [0.05, 0.1) is 27.7 Å². The summed E-state index contributed by atoms with van der Waals surface area (Å²) in [5, 5.41) is 3.99. The van der Waals surface area contributed by atoms with E-state index in [0.717, 1.165) is 0 Å². The Kier molecular flexibility index (Phi) is 2.58. The predicted octanol–water partition coefficient (Wildman–Crippen LogP) is 4.87. The van der Waals surface area contributed by atoms with Crippen molar-refractivity contribution in [3.8, 4) is 11.3 Å². The quantitative estimate of drug-likeness (QED) is 0.332. The van der Waals surface area contributed by atoms with Crippen molar-refractivity contribution >= 4 is 33.1 Å². The van der Waals surface area contributed by atoms with Crippen molar-refractivity contribution in [1.29, 1.82) is 0 Å². The molecule has 2 heteroatoms. The molecule has 0 aliphatic carbocycles. The topological polar surface area (TPSA) is 7.12 Å². The Morgan fingerprint density at radius 1 is 0.833 bits per heavy atom. The fraction of sp³-hybridized carbons (Fsp3) is 0.136. The summed E-state index contributed by atoms with van der Waals surface area (Å²) in [6.07, 6.45) is 0. The second-order valence-corrected chi connectivity index (χ2v) is 6.70. The summed E-state index contributed by atoms with van der Waals surface area (Å²) in [6.45, 7) is 2.17. The molecule has 1 aliphatic heterocycles. The predicted molar refractivity (Wildman–Crippen MR) is 101 cm³/mol. The van der Waals surface area contributed by atoms with Crippen molar-refractivity contribution in [1.82, 2.24) is 0 Å². The molecule has 0 amide bonds. The van der Waals surface area contributed by atoms with Crippen molar-refractivity contribution in [2.45, 2.75) is 6.92 Å². The monoisotopic (exact) mass is 311 g/mol. The van der Waals surface area contributed by atoms with Crippen molar-refractivity contribution in [3.05, 3.63) is 66.2 Å². The zero-order valence-corrected chi connectivity index (χ0v) is 14.2. The van der Waals surface area contributed by atoms with Crippen LogP contribution in [0, 0.1) is 6.92 Å². The summed E-state index contributed by atoms with van der Waals surface area (Å²) in [7, 11) is 4.35. The average molecular weight is 311 g/mol. The fourth-order valence-corrected chi connectivity index (χ4v) is 4.15. The molecule has 1 aromatic heterocycles. The summed E-state index contributed by atoms with van der Waals surface area (Å²) in [6, 6.07) is 22.1. The normalized spacial score (nSPS) is 12.7. The van der Waals surface area contributed by atoms with Gasteiger partial charge in [-0.15, -0.1) is 0 Å². The molecule has 0 spiro atoms. The number of hydrogen-bond acceptors (Lipinski definition) is 1. The number of nitrogens with zero attached hydrogens (tertiary/aromatic N) is 2. The van der Waals surface area contributed by atoms with Crippen LogP contribution in [-0.2, 0) is 7.05 Å². The first-order valence-electron chi connectivity index (χ1n) is 8.35. The van der Waals surface area contributed by atoms with Gasteiger partial charge in [0.1, 0.15) is 7.05 Å². The van der Waals surface area contributed by atoms with Gasteiger partial charge in [0.25, 0.3) is 0 Å². The summed E-state index contributed by atoms with van der Waals surface area (Å²) < 4.78 is 2.35. The molecule has 116 valence electrons. The van der Waals surface area contributed by atoms with Crippen molar-refractivity contribution in [2.24, 2.45) is 7.05 Å². The van der Waals surface area contributed by atoms with Gasteiger partial charge in [0, 0.05) is 18.5 Å². The van der Waals surface area contributed by atoms with Gasteiger partial charge >= 0.3 is 0 Å². The first-order valence-corrected chi connectivity index (χ1v) is 8.35. The minimum absolute atomic E-state index is 1.27. The number of aryl methyl sites for hydroxylation is 2. The lowest BCUT2D eigenvalue weighted by Crippen LogP contribution is -2.34. The van der Waals surface area contributed by atoms with Crippen LogP contribution in [0.3, 0.4) is 0 Å². The number of fused-ring (bicyclic) bond motifs is 4. The van der Waals surface area contributed by atoms with Gasteiger partial charge in [-0.25, -0.2) is 0 Å². The standard InChI is InChI=1S/C22H19N2/c1-14-11-12-19-17(13-14)22-21-16(8-6-10-20(21)23(19)2)15-7-4-5-9-18(15)24(22)3/h4-13H,1-3H3/q+1. The van der Waals surface area contributed by atoms with Crippen LogP contribution in [-0.4, -0.2) is 7.05 Å². The van der Waals surface area contributed by atoms with E-state index in [0.29, 0.717) is 0 Å². The number of hydrogen-bond donors (Lipinski definition) is 0. The van der Waals surface area contributed by atoms with Crippen LogP contribution in [0.25, 0.3) is 32.9 Å². The number of para-hydroxylation sites is 1. The van der Waals surface area contributed by atoms with Crippen LogP contribution in [0.2, 0.25) is 0 Å². The molecule has 4 aromatic rings. The van der Waals surface area contributed by atoms with Crippen LogP contribution in [0.4, 0.5) is 11.4 Å². The van der Waals surface area contributed by atoms with Gasteiger partial charge in [-0.05, 0) is 31.2 Å². The lowest BCUT2D eigenvalue weighted by Gasteiger charge is -2.29. The van der Waals surface area contributed by atoms with E-state index < -0.39 is 0 Å². The van der Waals surface area contributed by atoms with E-state index in [1.807, 2.05) is 0 Å². The first kappa shape index (κ1) is 13.6. The summed E-state index contributed by atoms with van der Waals surface area (Å²) >= 11 is 0. The molecule has 24 heavy (non-hydrogen) atoms. The lowest BCUT2D eigenvalue weighted by atomic mass is 9.92. The highest BCUT2D eigenvalue weighted by atomic mass is 15.1. The van der Waals surface area contributed by atoms with E-state index in [-0.39, 0.29) is 0 Å². The zero-order chi connectivity index (χ0) is 16.4. The molecular formula is C22H19N2+. The average Bonchev–Trinajstić information content (AvgIpc) is 2.61. The van der Waals surface area contributed by atoms with E-state index >= 15 is 0 Å². The molecule has 0 saturated heterocycles. The number of aromatic nitrogens is 1. The number of rotatable bonds is 0. The Labute approximate surface area is 141 Å². The van der Waals surface area contributed by atoms with Crippen LogP contribution < -0.4 is 9.47 Å². The Balaban J connectivity index is 2.11. The van der Waals surface area contributed by atoms with Crippen LogP contribution >= 0.6 is 0 Å². The highest BCUT2D eigenvalue weighted by Crippen LogP contribution is 2.46. The van der Waals surface area contributed by atoms with Gasteiger partial charge in [-0.1, -0.05) is 35.9 Å². The summed E-state index contributed by atoms with van der Waals surface area (Å²) in [5.74, 6) is 0. The van der Waals surface area contributed by atoms with Crippen molar-refractivity contribution < 1.29 is 4.57 Å². The Hall–Kier alpha value is -2.87. The molecule has 0 N–H and O–H groups in total. The Morgan fingerprint density at radius 2 is 1.62 bits per heavy atom. The molecule has 0 radical (unpaired) electrons. The summed E-state index contributed by atoms with van der Waals surface area (Å²) in [5.41, 5.74) is 7.74. The minimum Gasteiger partial charge on any atom is -0.343 e. The largest absolute Gasteiger partial charge is 0.343 e. The van der Waals surface area contributed by atoms with E-state index in [4.69, 9.17) is 0 Å². The maximum absolute atomic E-state index is 2.35. The van der Waals surface area contributed by atoms with Crippen LogP contribution in [0.1, 0.15) is 5.56 Å². The third-order valence-corrected chi connectivity index (χ3v) is 5.30. The number of pyridine rings is 1. The second-order valence-electron chi connectivity index (χ2n) is 6.70. The number of benzene rings is 3. The molecule has 2 heterocycles. The maximum atomic E-state index is 2.35. The van der Waals surface area contributed by atoms with Crippen molar-refractivity contribution in [2.75, 3.05) is 11.9 Å². The highest BCUT2D eigenvalue weighted by Gasteiger charge is 2.30. The van der Waals surface area contributed by atoms with E-state index in [9.17, 15) is 0 Å².